The predicted molar refractivity (Wildman–Crippen MR) is 124 cm³/mol. The van der Waals surface area contributed by atoms with Gasteiger partial charge in [-0.1, -0.05) is 43.3 Å². The molecule has 0 heterocycles. The van der Waals surface area contributed by atoms with Crippen molar-refractivity contribution in [3.05, 3.63) is 84.9 Å². The molecule has 1 fully saturated rings. The highest BCUT2D eigenvalue weighted by atomic mass is 16.6. The molecule has 0 radical (unpaired) electrons. The molecule has 31 heavy (non-hydrogen) atoms. The number of para-hydroxylation sites is 2. The van der Waals surface area contributed by atoms with Crippen LogP contribution in [0.3, 0.4) is 0 Å². The fourth-order valence-corrected chi connectivity index (χ4v) is 4.25. The Hall–Kier alpha value is -3.27. The number of nitrogens with zero attached hydrogens (tertiary/aromatic N) is 1. The Morgan fingerprint density at radius 2 is 1.32 bits per heavy atom. The number of carbonyl (C=O) groups excluding carboxylic acids is 1. The van der Waals surface area contributed by atoms with Crippen LogP contribution in [0.15, 0.2) is 84.9 Å². The van der Waals surface area contributed by atoms with E-state index < -0.39 is 0 Å². The largest absolute Gasteiger partial charge is 0.482 e. The van der Waals surface area contributed by atoms with Crippen LogP contribution < -0.4 is 9.64 Å². The second-order valence-corrected chi connectivity index (χ2v) is 8.01. The minimum absolute atomic E-state index is 0.0673. The van der Waals surface area contributed by atoms with Gasteiger partial charge in [-0.15, -0.1) is 0 Å². The van der Waals surface area contributed by atoms with Crippen molar-refractivity contribution in [2.24, 2.45) is 0 Å². The lowest BCUT2D eigenvalue weighted by Crippen LogP contribution is -2.33. The van der Waals surface area contributed by atoms with Gasteiger partial charge in [0.25, 0.3) is 0 Å². The third-order valence-electron chi connectivity index (χ3n) is 5.97. The maximum Gasteiger partial charge on any atom is 0.344 e. The number of benzene rings is 3. The zero-order valence-electron chi connectivity index (χ0n) is 18.0. The van der Waals surface area contributed by atoms with E-state index in [1.165, 1.54) is 0 Å². The van der Waals surface area contributed by atoms with Gasteiger partial charge in [0, 0.05) is 17.1 Å². The standard InChI is InChI=1S/C27H29NO3/c1-2-27(19-9-10-20-27)31-26(29)21-30-25-17-15-24(16-18-25)28(22-11-5-3-6-12-22)23-13-7-4-8-14-23/h3-8,11-18H,2,9-10,19-21H2,1H3. The van der Waals surface area contributed by atoms with Crippen LogP contribution in [0.2, 0.25) is 0 Å². The second-order valence-electron chi connectivity index (χ2n) is 8.01. The van der Waals surface area contributed by atoms with Gasteiger partial charge in [0.05, 0.1) is 0 Å². The van der Waals surface area contributed by atoms with Gasteiger partial charge in [-0.25, -0.2) is 4.79 Å². The third kappa shape index (κ3) is 5.08. The van der Waals surface area contributed by atoms with Gasteiger partial charge in [-0.3, -0.25) is 0 Å². The quantitative estimate of drug-likeness (QED) is 0.379. The van der Waals surface area contributed by atoms with Crippen LogP contribution in [0.5, 0.6) is 5.75 Å². The summed E-state index contributed by atoms with van der Waals surface area (Å²) in [5.74, 6) is 0.363. The van der Waals surface area contributed by atoms with Crippen LogP contribution in [0.4, 0.5) is 17.1 Å². The zero-order valence-corrected chi connectivity index (χ0v) is 18.0. The lowest BCUT2D eigenvalue weighted by atomic mass is 9.99. The Balaban J connectivity index is 1.44. The molecule has 0 atom stereocenters. The fourth-order valence-electron chi connectivity index (χ4n) is 4.25. The highest BCUT2D eigenvalue weighted by molar-refractivity contribution is 5.76. The first-order chi connectivity index (χ1) is 15.2. The molecule has 0 saturated heterocycles. The van der Waals surface area contributed by atoms with Crippen molar-refractivity contribution < 1.29 is 14.3 Å². The highest BCUT2D eigenvalue weighted by Gasteiger charge is 2.35. The molecule has 160 valence electrons. The summed E-state index contributed by atoms with van der Waals surface area (Å²) >= 11 is 0. The van der Waals surface area contributed by atoms with Crippen LogP contribution in [0.1, 0.15) is 39.0 Å². The molecular weight excluding hydrogens is 386 g/mol. The molecule has 0 aromatic heterocycles. The van der Waals surface area contributed by atoms with E-state index in [-0.39, 0.29) is 18.2 Å². The molecule has 0 spiro atoms. The maximum atomic E-state index is 12.3. The molecule has 0 unspecified atom stereocenters. The van der Waals surface area contributed by atoms with Crippen LogP contribution in [-0.2, 0) is 9.53 Å². The monoisotopic (exact) mass is 415 g/mol. The first-order valence-corrected chi connectivity index (χ1v) is 11.0. The van der Waals surface area contributed by atoms with Gasteiger partial charge >= 0.3 is 5.97 Å². The Morgan fingerprint density at radius 1 is 0.806 bits per heavy atom. The lowest BCUT2D eigenvalue weighted by molar-refractivity contribution is -0.162. The smallest absolute Gasteiger partial charge is 0.344 e. The number of rotatable bonds is 8. The summed E-state index contributed by atoms with van der Waals surface area (Å²) in [5, 5.41) is 0. The summed E-state index contributed by atoms with van der Waals surface area (Å²) < 4.78 is 11.5. The molecule has 4 heteroatoms. The van der Waals surface area contributed by atoms with Crippen LogP contribution in [0.25, 0.3) is 0 Å². The third-order valence-corrected chi connectivity index (χ3v) is 5.97. The van der Waals surface area contributed by atoms with Crippen LogP contribution in [0, 0.1) is 0 Å². The Morgan fingerprint density at radius 3 is 1.84 bits per heavy atom. The number of hydrogen-bond donors (Lipinski definition) is 0. The Kier molecular flexibility index (Phi) is 6.56. The molecule has 0 aliphatic heterocycles. The molecular formula is C27H29NO3. The van der Waals surface area contributed by atoms with E-state index in [0.29, 0.717) is 5.75 Å². The number of ether oxygens (including phenoxy) is 2. The summed E-state index contributed by atoms with van der Waals surface area (Å²) in [6.45, 7) is 2.02. The molecule has 0 amide bonds. The summed E-state index contributed by atoms with van der Waals surface area (Å²) in [6, 6.07) is 28.3. The minimum Gasteiger partial charge on any atom is -0.482 e. The molecule has 3 aromatic carbocycles. The van der Waals surface area contributed by atoms with E-state index in [9.17, 15) is 4.79 Å². The van der Waals surface area contributed by atoms with E-state index in [1.54, 1.807) is 0 Å². The zero-order chi connectivity index (χ0) is 21.5. The summed E-state index contributed by atoms with van der Waals surface area (Å²) in [5.41, 5.74) is 2.89. The molecule has 4 rings (SSSR count). The molecule has 0 N–H and O–H groups in total. The second kappa shape index (κ2) is 9.69. The summed E-state index contributed by atoms with van der Waals surface area (Å²) in [7, 11) is 0. The highest BCUT2D eigenvalue weighted by Crippen LogP contribution is 2.36. The van der Waals surface area contributed by atoms with Crippen LogP contribution in [-0.4, -0.2) is 18.2 Å². The normalized spacial score (nSPS) is 14.7. The number of anilines is 3. The average Bonchev–Trinajstić information content (AvgIpc) is 3.29. The van der Waals surface area contributed by atoms with Crippen molar-refractivity contribution in [3.63, 3.8) is 0 Å². The van der Waals surface area contributed by atoms with Crippen LogP contribution >= 0.6 is 0 Å². The maximum absolute atomic E-state index is 12.3. The van der Waals surface area contributed by atoms with E-state index in [0.717, 1.165) is 49.2 Å². The number of carbonyl (C=O) groups is 1. The first kappa shape index (κ1) is 21.0. The van der Waals surface area contributed by atoms with Gasteiger partial charge in [0.2, 0.25) is 0 Å². The van der Waals surface area contributed by atoms with E-state index in [2.05, 4.69) is 36.1 Å². The van der Waals surface area contributed by atoms with Gasteiger partial charge in [-0.05, 0) is 80.6 Å². The number of hydrogen-bond acceptors (Lipinski definition) is 4. The molecule has 1 saturated carbocycles. The average molecular weight is 416 g/mol. The summed E-state index contributed by atoms with van der Waals surface area (Å²) in [4.78, 5) is 14.5. The van der Waals surface area contributed by atoms with Gasteiger partial charge in [0.15, 0.2) is 6.61 Å². The predicted octanol–water partition coefficient (Wildman–Crippen LogP) is 6.80. The van der Waals surface area contributed by atoms with E-state index in [4.69, 9.17) is 9.47 Å². The SMILES string of the molecule is CCC1(OC(=O)COc2ccc(N(c3ccccc3)c3ccccc3)cc2)CCCC1. The van der Waals surface area contributed by atoms with Crippen molar-refractivity contribution in [2.75, 3.05) is 11.5 Å². The van der Waals surface area contributed by atoms with Crippen molar-refractivity contribution in [3.8, 4) is 5.75 Å². The lowest BCUT2D eigenvalue weighted by Gasteiger charge is -2.27. The fraction of sp³-hybridized carbons (Fsp3) is 0.296. The van der Waals surface area contributed by atoms with E-state index >= 15 is 0 Å². The Bertz CT molecular complexity index is 925. The molecule has 1 aliphatic rings. The van der Waals surface area contributed by atoms with Crippen molar-refractivity contribution in [2.45, 2.75) is 44.6 Å². The van der Waals surface area contributed by atoms with Gasteiger partial charge in [-0.2, -0.15) is 0 Å². The minimum atomic E-state index is -0.289. The molecule has 1 aliphatic carbocycles. The van der Waals surface area contributed by atoms with Crippen molar-refractivity contribution >= 4 is 23.0 Å². The molecule has 0 bridgehead atoms. The molecule has 4 nitrogen and oxygen atoms in total. The Labute approximate surface area is 184 Å². The van der Waals surface area contributed by atoms with Gasteiger partial charge < -0.3 is 14.4 Å². The first-order valence-electron chi connectivity index (χ1n) is 11.0. The van der Waals surface area contributed by atoms with E-state index in [1.807, 2.05) is 60.7 Å². The summed E-state index contributed by atoms with van der Waals surface area (Å²) in [6.07, 6.45) is 5.03. The molecule has 3 aromatic rings. The van der Waals surface area contributed by atoms with Crippen molar-refractivity contribution in [1.82, 2.24) is 0 Å². The number of esters is 1. The van der Waals surface area contributed by atoms with Crippen molar-refractivity contribution in [1.29, 1.82) is 0 Å². The van der Waals surface area contributed by atoms with Gasteiger partial charge in [0.1, 0.15) is 11.4 Å². The topological polar surface area (TPSA) is 38.8 Å².